The Bertz CT molecular complexity index is 1650. The van der Waals surface area contributed by atoms with Crippen molar-refractivity contribution in [2.75, 3.05) is 39.5 Å². The van der Waals surface area contributed by atoms with Gasteiger partial charge in [0.25, 0.3) is 11.8 Å². The SMILES string of the molecule is COc1ccccc1C(=O)CSc1cccc(NC(=O)/C(=C/c2cc(OC)c(OC)c(OC)c2)NC(=O)c2ccccc2)c1. The van der Waals surface area contributed by atoms with E-state index in [1.165, 1.54) is 46.3 Å². The molecule has 2 amide bonds. The standard InChI is InChI=1S/C34H32N2O7S/c1-40-29-16-9-8-15-26(29)28(37)21-44-25-14-10-13-24(20-25)35-34(39)27(36-33(38)23-11-6-5-7-12-23)17-22-18-30(41-2)32(43-4)31(19-22)42-3/h5-20H,21H2,1-4H3,(H,35,39)(H,36,38)/b27-17-. The summed E-state index contributed by atoms with van der Waals surface area (Å²) in [6.45, 7) is 0. The van der Waals surface area contributed by atoms with Crippen molar-refractivity contribution in [2.24, 2.45) is 0 Å². The zero-order chi connectivity index (χ0) is 31.5. The average Bonchev–Trinajstić information content (AvgIpc) is 3.06. The maximum atomic E-state index is 13.6. The van der Waals surface area contributed by atoms with E-state index in [1.807, 2.05) is 12.1 Å². The number of para-hydroxylation sites is 1. The minimum atomic E-state index is -0.560. The number of rotatable bonds is 13. The van der Waals surface area contributed by atoms with Gasteiger partial charge in [-0.25, -0.2) is 0 Å². The van der Waals surface area contributed by atoms with Crippen LogP contribution >= 0.6 is 11.8 Å². The number of thioether (sulfide) groups is 1. The third kappa shape index (κ3) is 7.99. The Balaban J connectivity index is 1.58. The summed E-state index contributed by atoms with van der Waals surface area (Å²) in [5.41, 5.74) is 1.88. The number of hydrogen-bond acceptors (Lipinski definition) is 8. The number of Topliss-reactive ketones (excluding diaryl/α,β-unsaturated/α-hetero) is 1. The molecule has 4 aromatic carbocycles. The van der Waals surface area contributed by atoms with E-state index in [0.717, 1.165) is 4.90 Å². The van der Waals surface area contributed by atoms with E-state index in [2.05, 4.69) is 10.6 Å². The maximum Gasteiger partial charge on any atom is 0.272 e. The van der Waals surface area contributed by atoms with E-state index in [9.17, 15) is 14.4 Å². The van der Waals surface area contributed by atoms with Crippen LogP contribution in [0.4, 0.5) is 5.69 Å². The van der Waals surface area contributed by atoms with Gasteiger partial charge in [-0.2, -0.15) is 0 Å². The number of carbonyl (C=O) groups excluding carboxylic acids is 3. The van der Waals surface area contributed by atoms with E-state index in [0.29, 0.717) is 45.4 Å². The van der Waals surface area contributed by atoms with Crippen LogP contribution < -0.4 is 29.6 Å². The van der Waals surface area contributed by atoms with Crippen molar-refractivity contribution in [3.8, 4) is 23.0 Å². The average molecular weight is 613 g/mol. The van der Waals surface area contributed by atoms with Gasteiger partial charge in [-0.1, -0.05) is 36.4 Å². The zero-order valence-corrected chi connectivity index (χ0v) is 25.5. The molecular formula is C34H32N2O7S. The fraction of sp³-hybridized carbons (Fsp3) is 0.147. The second-order valence-electron chi connectivity index (χ2n) is 9.23. The van der Waals surface area contributed by atoms with Crippen molar-refractivity contribution in [2.45, 2.75) is 4.90 Å². The number of hydrogen-bond donors (Lipinski definition) is 2. The smallest absolute Gasteiger partial charge is 0.272 e. The number of ketones is 1. The number of amides is 2. The Morgan fingerprint density at radius 1 is 0.727 bits per heavy atom. The molecule has 0 saturated carbocycles. The molecule has 10 heteroatoms. The lowest BCUT2D eigenvalue weighted by molar-refractivity contribution is -0.113. The summed E-state index contributed by atoms with van der Waals surface area (Å²) >= 11 is 1.33. The third-order valence-corrected chi connectivity index (χ3v) is 7.39. The molecule has 226 valence electrons. The Morgan fingerprint density at radius 3 is 2.05 bits per heavy atom. The number of methoxy groups -OCH3 is 4. The summed E-state index contributed by atoms with van der Waals surface area (Å²) < 4.78 is 21.6. The van der Waals surface area contributed by atoms with Gasteiger partial charge in [0.05, 0.1) is 39.8 Å². The molecule has 0 bridgehead atoms. The summed E-state index contributed by atoms with van der Waals surface area (Å²) in [5.74, 6) is 0.763. The first-order valence-corrected chi connectivity index (χ1v) is 14.4. The van der Waals surface area contributed by atoms with Crippen molar-refractivity contribution in [1.29, 1.82) is 0 Å². The first kappa shape index (κ1) is 31.7. The number of benzene rings is 4. The molecule has 2 N–H and O–H groups in total. The molecule has 0 spiro atoms. The fourth-order valence-electron chi connectivity index (χ4n) is 4.26. The van der Waals surface area contributed by atoms with Gasteiger partial charge in [0.15, 0.2) is 17.3 Å². The third-order valence-electron chi connectivity index (χ3n) is 6.40. The Labute approximate surface area is 260 Å². The molecule has 0 atom stereocenters. The van der Waals surface area contributed by atoms with Crippen molar-refractivity contribution in [3.05, 3.63) is 113 Å². The van der Waals surface area contributed by atoms with Crippen molar-refractivity contribution < 1.29 is 33.3 Å². The Hall–Kier alpha value is -5.22. The lowest BCUT2D eigenvalue weighted by Gasteiger charge is -2.15. The molecule has 0 aliphatic heterocycles. The monoisotopic (exact) mass is 612 g/mol. The second kappa shape index (κ2) is 15.3. The summed E-state index contributed by atoms with van der Waals surface area (Å²) in [6, 6.07) is 26.1. The van der Waals surface area contributed by atoms with Gasteiger partial charge in [0.2, 0.25) is 5.75 Å². The van der Waals surface area contributed by atoms with Gasteiger partial charge >= 0.3 is 0 Å². The van der Waals surface area contributed by atoms with Crippen LogP contribution in [0.15, 0.2) is 102 Å². The highest BCUT2D eigenvalue weighted by Gasteiger charge is 2.18. The molecule has 0 aliphatic carbocycles. The number of nitrogens with one attached hydrogen (secondary N) is 2. The fourth-order valence-corrected chi connectivity index (χ4v) is 5.10. The van der Waals surface area contributed by atoms with Gasteiger partial charge in [0.1, 0.15) is 11.4 Å². The highest BCUT2D eigenvalue weighted by atomic mass is 32.2. The molecule has 0 aromatic heterocycles. The molecule has 0 saturated heterocycles. The van der Waals surface area contributed by atoms with Crippen molar-refractivity contribution in [3.63, 3.8) is 0 Å². The lowest BCUT2D eigenvalue weighted by atomic mass is 10.1. The normalized spacial score (nSPS) is 10.9. The van der Waals surface area contributed by atoms with E-state index < -0.39 is 11.8 Å². The van der Waals surface area contributed by atoms with Crippen LogP contribution in [0.2, 0.25) is 0 Å². The van der Waals surface area contributed by atoms with E-state index in [4.69, 9.17) is 18.9 Å². The second-order valence-corrected chi connectivity index (χ2v) is 10.3. The number of carbonyl (C=O) groups is 3. The number of ether oxygens (including phenoxy) is 4. The minimum Gasteiger partial charge on any atom is -0.496 e. The zero-order valence-electron chi connectivity index (χ0n) is 24.7. The molecule has 0 radical (unpaired) electrons. The van der Waals surface area contributed by atoms with Crippen LogP contribution in [-0.2, 0) is 4.79 Å². The lowest BCUT2D eigenvalue weighted by Crippen LogP contribution is -2.30. The van der Waals surface area contributed by atoms with Crippen LogP contribution in [0.3, 0.4) is 0 Å². The number of anilines is 1. The highest BCUT2D eigenvalue weighted by molar-refractivity contribution is 8.00. The molecule has 9 nitrogen and oxygen atoms in total. The molecular weight excluding hydrogens is 580 g/mol. The molecule has 4 aromatic rings. The molecule has 0 unspecified atom stereocenters. The molecule has 0 fully saturated rings. The summed E-state index contributed by atoms with van der Waals surface area (Å²) in [5, 5.41) is 5.57. The molecule has 0 aliphatic rings. The van der Waals surface area contributed by atoms with Gasteiger partial charge in [-0.15, -0.1) is 11.8 Å². The molecule has 4 rings (SSSR count). The Kier molecular flexibility index (Phi) is 11.0. The predicted octanol–water partition coefficient (Wildman–Crippen LogP) is 6.11. The predicted molar refractivity (Wildman–Crippen MR) is 171 cm³/mol. The topological polar surface area (TPSA) is 112 Å². The maximum absolute atomic E-state index is 13.6. The summed E-state index contributed by atoms with van der Waals surface area (Å²) in [6.07, 6.45) is 1.52. The van der Waals surface area contributed by atoms with Gasteiger partial charge in [-0.05, 0) is 66.2 Å². The largest absolute Gasteiger partial charge is 0.496 e. The highest BCUT2D eigenvalue weighted by Crippen LogP contribution is 2.38. The van der Waals surface area contributed by atoms with Crippen LogP contribution in [-0.4, -0.2) is 51.8 Å². The molecule has 0 heterocycles. The van der Waals surface area contributed by atoms with Crippen LogP contribution in [0.5, 0.6) is 23.0 Å². The quantitative estimate of drug-likeness (QED) is 0.106. The van der Waals surface area contributed by atoms with Crippen LogP contribution in [0, 0.1) is 0 Å². The molecule has 44 heavy (non-hydrogen) atoms. The minimum absolute atomic E-state index is 0.0162. The van der Waals surface area contributed by atoms with E-state index in [-0.39, 0.29) is 17.2 Å². The van der Waals surface area contributed by atoms with Crippen LogP contribution in [0.1, 0.15) is 26.3 Å². The van der Waals surface area contributed by atoms with E-state index in [1.54, 1.807) is 78.9 Å². The Morgan fingerprint density at radius 2 is 1.39 bits per heavy atom. The summed E-state index contributed by atoms with van der Waals surface area (Å²) in [7, 11) is 6.00. The van der Waals surface area contributed by atoms with Crippen LogP contribution in [0.25, 0.3) is 6.08 Å². The first-order valence-electron chi connectivity index (χ1n) is 13.4. The first-order chi connectivity index (χ1) is 21.4. The van der Waals surface area contributed by atoms with Gasteiger partial charge in [0, 0.05) is 16.1 Å². The van der Waals surface area contributed by atoms with Gasteiger partial charge in [-0.3, -0.25) is 14.4 Å². The van der Waals surface area contributed by atoms with Crippen molar-refractivity contribution in [1.82, 2.24) is 5.32 Å². The summed E-state index contributed by atoms with van der Waals surface area (Å²) in [4.78, 5) is 40.3. The van der Waals surface area contributed by atoms with Crippen molar-refractivity contribution >= 4 is 41.1 Å². The van der Waals surface area contributed by atoms with E-state index >= 15 is 0 Å². The van der Waals surface area contributed by atoms with Gasteiger partial charge < -0.3 is 29.6 Å².